The second kappa shape index (κ2) is 7.19. The molecule has 7 heteroatoms. The number of aromatic nitrogens is 3. The van der Waals surface area contributed by atoms with E-state index in [4.69, 9.17) is 0 Å². The van der Waals surface area contributed by atoms with Crippen molar-refractivity contribution in [2.45, 2.75) is 6.92 Å². The van der Waals surface area contributed by atoms with Crippen LogP contribution < -0.4 is 16.0 Å². The van der Waals surface area contributed by atoms with Gasteiger partial charge < -0.3 is 16.0 Å². The zero-order valence-electron chi connectivity index (χ0n) is 13.0. The first-order chi connectivity index (χ1) is 11.7. The molecule has 0 spiro atoms. The van der Waals surface area contributed by atoms with Crippen LogP contribution in [0.15, 0.2) is 61.1 Å². The normalized spacial score (nSPS) is 10.0. The van der Waals surface area contributed by atoms with Gasteiger partial charge in [0.2, 0.25) is 11.9 Å². The molecule has 120 valence electrons. The van der Waals surface area contributed by atoms with Crippen molar-refractivity contribution in [1.29, 1.82) is 0 Å². The molecule has 24 heavy (non-hydrogen) atoms. The minimum Gasteiger partial charge on any atom is -0.340 e. The number of carbonyl (C=O) groups excluding carboxylic acids is 1. The highest BCUT2D eigenvalue weighted by molar-refractivity contribution is 5.88. The Morgan fingerprint density at radius 3 is 2.21 bits per heavy atom. The van der Waals surface area contributed by atoms with Gasteiger partial charge in [-0.25, -0.2) is 4.98 Å². The molecule has 0 aliphatic rings. The van der Waals surface area contributed by atoms with Gasteiger partial charge in [0.15, 0.2) is 0 Å². The number of benzene rings is 1. The van der Waals surface area contributed by atoms with E-state index in [1.54, 1.807) is 24.7 Å². The van der Waals surface area contributed by atoms with Crippen LogP contribution in [0.25, 0.3) is 0 Å². The van der Waals surface area contributed by atoms with Gasteiger partial charge in [0.1, 0.15) is 5.82 Å². The summed E-state index contributed by atoms with van der Waals surface area (Å²) in [5.41, 5.74) is 2.47. The van der Waals surface area contributed by atoms with Crippen molar-refractivity contribution < 1.29 is 4.79 Å². The van der Waals surface area contributed by atoms with Crippen molar-refractivity contribution >= 4 is 34.7 Å². The van der Waals surface area contributed by atoms with E-state index in [1.807, 2.05) is 36.4 Å². The van der Waals surface area contributed by atoms with Crippen molar-refractivity contribution in [2.24, 2.45) is 0 Å². The van der Waals surface area contributed by atoms with E-state index in [2.05, 4.69) is 30.9 Å². The highest BCUT2D eigenvalue weighted by Crippen LogP contribution is 2.19. The highest BCUT2D eigenvalue weighted by atomic mass is 16.1. The molecular weight excluding hydrogens is 304 g/mol. The molecule has 0 radical (unpaired) electrons. The number of nitrogens with zero attached hydrogens (tertiary/aromatic N) is 3. The standard InChI is InChI=1S/C17H16N6O/c1-12(24)20-13-2-4-14(5-3-13)21-16-8-11-19-17(23-16)22-15-6-9-18-10-7-15/h2-11H,1H3,(H,20,24)(H2,18,19,21,22,23). The Kier molecular flexibility index (Phi) is 4.62. The quantitative estimate of drug-likeness (QED) is 0.668. The van der Waals surface area contributed by atoms with E-state index < -0.39 is 0 Å². The maximum absolute atomic E-state index is 11.0. The summed E-state index contributed by atoms with van der Waals surface area (Å²) in [5, 5.41) is 9.03. The fourth-order valence-electron chi connectivity index (χ4n) is 2.04. The molecule has 0 bridgehead atoms. The molecule has 2 heterocycles. The van der Waals surface area contributed by atoms with Crippen molar-refractivity contribution in [3.05, 3.63) is 61.1 Å². The third-order valence-electron chi connectivity index (χ3n) is 3.07. The number of rotatable bonds is 5. The Morgan fingerprint density at radius 2 is 1.50 bits per heavy atom. The predicted octanol–water partition coefficient (Wildman–Crippen LogP) is 3.32. The minimum atomic E-state index is -0.0988. The summed E-state index contributed by atoms with van der Waals surface area (Å²) >= 11 is 0. The predicted molar refractivity (Wildman–Crippen MR) is 93.6 cm³/mol. The zero-order chi connectivity index (χ0) is 16.8. The van der Waals surface area contributed by atoms with E-state index in [-0.39, 0.29) is 5.91 Å². The van der Waals surface area contributed by atoms with Crippen LogP contribution >= 0.6 is 0 Å². The molecule has 0 saturated heterocycles. The van der Waals surface area contributed by atoms with Crippen molar-refractivity contribution in [1.82, 2.24) is 15.0 Å². The molecule has 3 N–H and O–H groups in total. The summed E-state index contributed by atoms with van der Waals surface area (Å²) in [5.74, 6) is 1.05. The van der Waals surface area contributed by atoms with Crippen molar-refractivity contribution in [3.63, 3.8) is 0 Å². The van der Waals surface area contributed by atoms with Crippen LogP contribution in [-0.2, 0) is 4.79 Å². The molecule has 0 unspecified atom stereocenters. The van der Waals surface area contributed by atoms with Crippen LogP contribution in [-0.4, -0.2) is 20.9 Å². The van der Waals surface area contributed by atoms with Gasteiger partial charge in [-0.05, 0) is 42.5 Å². The molecule has 0 aliphatic heterocycles. The Hall–Kier alpha value is -3.48. The van der Waals surface area contributed by atoms with Gasteiger partial charge >= 0.3 is 0 Å². The summed E-state index contributed by atoms with van der Waals surface area (Å²) in [7, 11) is 0. The summed E-state index contributed by atoms with van der Waals surface area (Å²) in [4.78, 5) is 23.6. The van der Waals surface area contributed by atoms with Gasteiger partial charge in [0.05, 0.1) is 0 Å². The summed E-state index contributed by atoms with van der Waals surface area (Å²) in [6.45, 7) is 1.48. The van der Waals surface area contributed by atoms with Crippen LogP contribution in [0.1, 0.15) is 6.92 Å². The fraction of sp³-hybridized carbons (Fsp3) is 0.0588. The average Bonchev–Trinajstić information content (AvgIpc) is 2.57. The number of nitrogens with one attached hydrogen (secondary N) is 3. The number of hydrogen-bond acceptors (Lipinski definition) is 6. The lowest BCUT2D eigenvalue weighted by atomic mass is 10.2. The lowest BCUT2D eigenvalue weighted by Gasteiger charge is -2.09. The smallest absolute Gasteiger partial charge is 0.229 e. The molecule has 1 aromatic carbocycles. The monoisotopic (exact) mass is 320 g/mol. The van der Waals surface area contributed by atoms with E-state index in [0.29, 0.717) is 11.8 Å². The Labute approximate surface area is 139 Å². The molecule has 0 atom stereocenters. The van der Waals surface area contributed by atoms with E-state index in [1.165, 1.54) is 6.92 Å². The van der Waals surface area contributed by atoms with E-state index >= 15 is 0 Å². The van der Waals surface area contributed by atoms with E-state index in [0.717, 1.165) is 17.1 Å². The third kappa shape index (κ3) is 4.26. The fourth-order valence-corrected chi connectivity index (χ4v) is 2.04. The van der Waals surface area contributed by atoms with Crippen LogP contribution in [0.4, 0.5) is 28.8 Å². The topological polar surface area (TPSA) is 91.8 Å². The summed E-state index contributed by atoms with van der Waals surface area (Å²) in [6, 6.07) is 12.8. The Morgan fingerprint density at radius 1 is 0.833 bits per heavy atom. The lowest BCUT2D eigenvalue weighted by Crippen LogP contribution is -2.05. The Bertz CT molecular complexity index is 820. The molecule has 2 aromatic heterocycles. The van der Waals surface area contributed by atoms with Crippen LogP contribution in [0.5, 0.6) is 0 Å². The third-order valence-corrected chi connectivity index (χ3v) is 3.07. The van der Waals surface area contributed by atoms with Gasteiger partial charge in [0.25, 0.3) is 0 Å². The van der Waals surface area contributed by atoms with Gasteiger partial charge in [-0.3, -0.25) is 9.78 Å². The first-order valence-corrected chi connectivity index (χ1v) is 7.34. The van der Waals surface area contributed by atoms with E-state index in [9.17, 15) is 4.79 Å². The van der Waals surface area contributed by atoms with Crippen LogP contribution in [0.2, 0.25) is 0 Å². The number of carbonyl (C=O) groups is 1. The molecule has 7 nitrogen and oxygen atoms in total. The maximum Gasteiger partial charge on any atom is 0.229 e. The molecule has 0 saturated carbocycles. The first-order valence-electron chi connectivity index (χ1n) is 7.34. The maximum atomic E-state index is 11.0. The SMILES string of the molecule is CC(=O)Nc1ccc(Nc2ccnc(Nc3ccncc3)n2)cc1. The average molecular weight is 320 g/mol. The first kappa shape index (κ1) is 15.4. The van der Waals surface area contributed by atoms with Gasteiger partial charge in [-0.15, -0.1) is 0 Å². The lowest BCUT2D eigenvalue weighted by molar-refractivity contribution is -0.114. The van der Waals surface area contributed by atoms with Crippen LogP contribution in [0, 0.1) is 0 Å². The largest absolute Gasteiger partial charge is 0.340 e. The number of amides is 1. The number of anilines is 5. The van der Waals surface area contributed by atoms with Crippen molar-refractivity contribution in [3.8, 4) is 0 Å². The summed E-state index contributed by atoms with van der Waals surface area (Å²) < 4.78 is 0. The van der Waals surface area contributed by atoms with Gasteiger partial charge in [0, 0.05) is 42.6 Å². The van der Waals surface area contributed by atoms with Crippen LogP contribution in [0.3, 0.4) is 0 Å². The van der Waals surface area contributed by atoms with Gasteiger partial charge in [-0.2, -0.15) is 4.98 Å². The molecule has 3 aromatic rings. The van der Waals surface area contributed by atoms with Crippen molar-refractivity contribution in [2.75, 3.05) is 16.0 Å². The minimum absolute atomic E-state index is 0.0988. The molecule has 3 rings (SSSR count). The second-order valence-electron chi connectivity index (χ2n) is 5.01. The summed E-state index contributed by atoms with van der Waals surface area (Å²) in [6.07, 6.45) is 5.06. The molecule has 0 aliphatic carbocycles. The van der Waals surface area contributed by atoms with Gasteiger partial charge in [-0.1, -0.05) is 0 Å². The highest BCUT2D eigenvalue weighted by Gasteiger charge is 2.02. The Balaban J connectivity index is 1.69. The second-order valence-corrected chi connectivity index (χ2v) is 5.01. The number of hydrogen-bond donors (Lipinski definition) is 3. The molecule has 0 fully saturated rings. The number of pyridine rings is 1. The molecule has 1 amide bonds. The molecular formula is C17H16N6O. The zero-order valence-corrected chi connectivity index (χ0v) is 13.0.